The van der Waals surface area contributed by atoms with Gasteiger partial charge >= 0.3 is 0 Å². The molecular formula is C26H29N3OS. The summed E-state index contributed by atoms with van der Waals surface area (Å²) in [7, 11) is 0. The Kier molecular flexibility index (Phi) is 5.48. The second-order valence-electron chi connectivity index (χ2n) is 9.78. The van der Waals surface area contributed by atoms with Crippen LogP contribution in [0.1, 0.15) is 52.7 Å². The minimum atomic E-state index is -0.0310. The van der Waals surface area contributed by atoms with E-state index in [-0.39, 0.29) is 10.8 Å². The number of para-hydroxylation sites is 1. The van der Waals surface area contributed by atoms with E-state index in [0.717, 1.165) is 32.3 Å². The van der Waals surface area contributed by atoms with E-state index in [1.807, 2.05) is 30.3 Å². The second kappa shape index (κ2) is 7.97. The molecule has 31 heavy (non-hydrogen) atoms. The van der Waals surface area contributed by atoms with Crippen LogP contribution in [0.25, 0.3) is 10.2 Å². The van der Waals surface area contributed by atoms with Crippen LogP contribution in [0.5, 0.6) is 11.6 Å². The predicted molar refractivity (Wildman–Crippen MR) is 131 cm³/mol. The number of nitrogens with zero attached hydrogens (tertiary/aromatic N) is 2. The van der Waals surface area contributed by atoms with Crippen molar-refractivity contribution in [3.05, 3.63) is 71.9 Å². The third kappa shape index (κ3) is 4.72. The van der Waals surface area contributed by atoms with Gasteiger partial charge in [-0.1, -0.05) is 77.1 Å². The summed E-state index contributed by atoms with van der Waals surface area (Å²) in [6, 6.07) is 18.5. The van der Waals surface area contributed by atoms with E-state index in [2.05, 4.69) is 76.1 Å². The normalized spacial score (nSPS) is 12.2. The zero-order valence-electron chi connectivity index (χ0n) is 19.0. The second-order valence-corrected chi connectivity index (χ2v) is 10.8. The number of aromatic nitrogens is 2. The topological polar surface area (TPSA) is 47.0 Å². The summed E-state index contributed by atoms with van der Waals surface area (Å²) in [6.07, 6.45) is 1.74. The van der Waals surface area contributed by atoms with Gasteiger partial charge in [-0.05, 0) is 46.7 Å². The Balaban J connectivity index is 1.65. The Morgan fingerprint density at radius 2 is 1.65 bits per heavy atom. The molecule has 4 nitrogen and oxygen atoms in total. The van der Waals surface area contributed by atoms with Crippen LogP contribution in [0.4, 0.5) is 10.8 Å². The van der Waals surface area contributed by atoms with Gasteiger partial charge in [-0.25, -0.2) is 9.97 Å². The highest BCUT2D eigenvalue weighted by Crippen LogP contribution is 2.37. The molecule has 5 heteroatoms. The van der Waals surface area contributed by atoms with Gasteiger partial charge in [-0.2, -0.15) is 0 Å². The molecule has 1 N–H and O–H groups in total. The number of pyridine rings is 1. The fourth-order valence-electron chi connectivity index (χ4n) is 3.41. The largest absolute Gasteiger partial charge is 0.437 e. The van der Waals surface area contributed by atoms with Crippen LogP contribution in [0.2, 0.25) is 0 Å². The highest BCUT2D eigenvalue weighted by molar-refractivity contribution is 7.22. The van der Waals surface area contributed by atoms with Crippen LogP contribution in [0.3, 0.4) is 0 Å². The van der Waals surface area contributed by atoms with Crippen molar-refractivity contribution in [2.75, 3.05) is 5.32 Å². The highest BCUT2D eigenvalue weighted by atomic mass is 32.1. The van der Waals surface area contributed by atoms with Gasteiger partial charge in [-0.3, -0.25) is 0 Å². The van der Waals surface area contributed by atoms with Crippen molar-refractivity contribution < 1.29 is 4.74 Å². The zero-order valence-corrected chi connectivity index (χ0v) is 19.8. The number of benzene rings is 2. The van der Waals surface area contributed by atoms with E-state index in [1.165, 1.54) is 5.56 Å². The molecule has 4 aromatic rings. The van der Waals surface area contributed by atoms with Crippen molar-refractivity contribution in [2.45, 2.75) is 52.4 Å². The maximum atomic E-state index is 6.28. The van der Waals surface area contributed by atoms with Gasteiger partial charge in [0.05, 0.1) is 10.2 Å². The number of ether oxygens (including phenoxy) is 1. The molecule has 0 saturated carbocycles. The maximum absolute atomic E-state index is 6.28. The molecule has 0 spiro atoms. The lowest BCUT2D eigenvalue weighted by atomic mass is 9.86. The van der Waals surface area contributed by atoms with E-state index in [0.29, 0.717) is 5.88 Å². The van der Waals surface area contributed by atoms with E-state index in [9.17, 15) is 0 Å². The van der Waals surface area contributed by atoms with E-state index in [1.54, 1.807) is 17.5 Å². The summed E-state index contributed by atoms with van der Waals surface area (Å²) in [6.45, 7) is 13.2. The average molecular weight is 432 g/mol. The van der Waals surface area contributed by atoms with Gasteiger partial charge < -0.3 is 10.1 Å². The van der Waals surface area contributed by atoms with Gasteiger partial charge in [0.15, 0.2) is 5.13 Å². The van der Waals surface area contributed by atoms with E-state index >= 15 is 0 Å². The van der Waals surface area contributed by atoms with Crippen LogP contribution in [0.15, 0.2) is 60.8 Å². The maximum Gasteiger partial charge on any atom is 0.243 e. The van der Waals surface area contributed by atoms with Crippen LogP contribution in [-0.4, -0.2) is 9.97 Å². The predicted octanol–water partition coefficient (Wildman–Crippen LogP) is 7.82. The van der Waals surface area contributed by atoms with Gasteiger partial charge in [0, 0.05) is 11.8 Å². The number of fused-ring (bicyclic) bond motifs is 1. The summed E-state index contributed by atoms with van der Waals surface area (Å²) < 4.78 is 7.43. The van der Waals surface area contributed by atoms with Gasteiger partial charge in [-0.15, -0.1) is 0 Å². The Morgan fingerprint density at radius 1 is 0.871 bits per heavy atom. The summed E-state index contributed by atoms with van der Waals surface area (Å²) in [5.74, 6) is 1.35. The molecular weight excluding hydrogens is 402 g/mol. The molecule has 0 aliphatic heterocycles. The molecule has 0 amide bonds. The first-order valence-electron chi connectivity index (χ1n) is 10.5. The number of thiazole rings is 1. The van der Waals surface area contributed by atoms with Crippen LogP contribution >= 0.6 is 11.3 Å². The number of rotatable bonds is 4. The molecule has 4 rings (SSSR count). The SMILES string of the molecule is CC(C)(C)c1ccc2sc(Nc3cccnc3Oc3ccccc3C(C)(C)C)nc2c1. The minimum absolute atomic E-state index is 0.0310. The van der Waals surface area contributed by atoms with Crippen molar-refractivity contribution in [1.82, 2.24) is 9.97 Å². The smallest absolute Gasteiger partial charge is 0.243 e. The molecule has 0 fully saturated rings. The first-order valence-corrected chi connectivity index (χ1v) is 11.3. The molecule has 0 aliphatic rings. The van der Waals surface area contributed by atoms with Crippen LogP contribution < -0.4 is 10.1 Å². The molecule has 2 aromatic carbocycles. The van der Waals surface area contributed by atoms with Gasteiger partial charge in [0.2, 0.25) is 5.88 Å². The van der Waals surface area contributed by atoms with Gasteiger partial charge in [0.1, 0.15) is 11.4 Å². The molecule has 0 atom stereocenters. The lowest BCUT2D eigenvalue weighted by Crippen LogP contribution is -2.12. The monoisotopic (exact) mass is 431 g/mol. The Labute approximate surface area is 188 Å². The highest BCUT2D eigenvalue weighted by Gasteiger charge is 2.20. The van der Waals surface area contributed by atoms with Crippen LogP contribution in [-0.2, 0) is 10.8 Å². The quantitative estimate of drug-likeness (QED) is 0.358. The molecule has 0 unspecified atom stereocenters. The first kappa shape index (κ1) is 21.3. The molecule has 0 aliphatic carbocycles. The average Bonchev–Trinajstić information content (AvgIpc) is 3.10. The Bertz CT molecular complexity index is 1220. The molecule has 2 aromatic heterocycles. The van der Waals surface area contributed by atoms with Crippen molar-refractivity contribution in [2.24, 2.45) is 0 Å². The molecule has 2 heterocycles. The number of anilines is 2. The van der Waals surface area contributed by atoms with Gasteiger partial charge in [0.25, 0.3) is 0 Å². The van der Waals surface area contributed by atoms with E-state index in [4.69, 9.17) is 9.72 Å². The Morgan fingerprint density at radius 3 is 2.39 bits per heavy atom. The van der Waals surface area contributed by atoms with Crippen molar-refractivity contribution in [1.29, 1.82) is 0 Å². The number of nitrogens with one attached hydrogen (secondary N) is 1. The summed E-state index contributed by atoms with van der Waals surface area (Å²) in [4.78, 5) is 9.30. The lowest BCUT2D eigenvalue weighted by Gasteiger charge is -2.22. The zero-order chi connectivity index (χ0) is 22.2. The Hall–Kier alpha value is -2.92. The fourth-order valence-corrected chi connectivity index (χ4v) is 4.27. The first-order chi connectivity index (χ1) is 14.6. The molecule has 0 bridgehead atoms. The lowest BCUT2D eigenvalue weighted by molar-refractivity contribution is 0.442. The minimum Gasteiger partial charge on any atom is -0.437 e. The standard InChI is InChI=1S/C26H29N3OS/c1-25(2,3)17-13-14-22-20(16-17)29-24(31-22)28-19-11-9-15-27-23(19)30-21-12-8-7-10-18(21)26(4,5)6/h7-16H,1-6H3,(H,28,29). The third-order valence-electron chi connectivity index (χ3n) is 5.17. The van der Waals surface area contributed by atoms with Crippen molar-refractivity contribution in [3.8, 4) is 11.6 Å². The fraction of sp³-hybridized carbons (Fsp3) is 0.308. The molecule has 0 radical (unpaired) electrons. The van der Waals surface area contributed by atoms with Crippen LogP contribution in [0, 0.1) is 0 Å². The summed E-state index contributed by atoms with van der Waals surface area (Å²) in [5.41, 5.74) is 4.28. The molecule has 0 saturated heterocycles. The summed E-state index contributed by atoms with van der Waals surface area (Å²) in [5, 5.41) is 4.24. The van der Waals surface area contributed by atoms with Crippen molar-refractivity contribution >= 4 is 32.4 Å². The van der Waals surface area contributed by atoms with E-state index < -0.39 is 0 Å². The molecule has 160 valence electrons. The van der Waals surface area contributed by atoms with Crippen molar-refractivity contribution in [3.63, 3.8) is 0 Å². The number of hydrogen-bond donors (Lipinski definition) is 1. The third-order valence-corrected chi connectivity index (χ3v) is 6.12. The number of hydrogen-bond acceptors (Lipinski definition) is 5. The summed E-state index contributed by atoms with van der Waals surface area (Å²) >= 11 is 1.63.